The molecule has 2 heterocycles. The van der Waals surface area contributed by atoms with Gasteiger partial charge in [0.2, 0.25) is 5.88 Å². The summed E-state index contributed by atoms with van der Waals surface area (Å²) in [6.07, 6.45) is 2.30. The molecule has 72 valence electrons. The summed E-state index contributed by atoms with van der Waals surface area (Å²) in [5.41, 5.74) is 1.19. The minimum Gasteiger partial charge on any atom is -0.493 e. The van der Waals surface area contributed by atoms with E-state index < -0.39 is 0 Å². The molecule has 0 aliphatic heterocycles. The molecule has 0 radical (unpaired) electrons. The lowest BCUT2D eigenvalue weighted by Crippen LogP contribution is -2.06. The van der Waals surface area contributed by atoms with E-state index in [0.29, 0.717) is 11.6 Å². The zero-order valence-electron chi connectivity index (χ0n) is 7.40. The predicted octanol–water partition coefficient (Wildman–Crippen LogP) is 0.606. The fourth-order valence-electron chi connectivity index (χ4n) is 1.58. The Morgan fingerprint density at radius 2 is 2.29 bits per heavy atom. The first-order valence-electron chi connectivity index (χ1n) is 4.56. The largest absolute Gasteiger partial charge is 0.493 e. The number of hydrogen-bond donors (Lipinski definition) is 2. The van der Waals surface area contributed by atoms with Crippen LogP contribution in [0.3, 0.4) is 0 Å². The highest BCUT2D eigenvalue weighted by molar-refractivity contribution is 5.42. The number of aromatic hydroxyl groups is 1. The molecule has 0 atom stereocenters. The average Bonchev–Trinajstić information content (AvgIpc) is 2.87. The van der Waals surface area contributed by atoms with Gasteiger partial charge in [0.25, 0.3) is 5.56 Å². The molecule has 0 saturated heterocycles. The normalized spacial score (nSPS) is 16.3. The van der Waals surface area contributed by atoms with Gasteiger partial charge in [0, 0.05) is 12.0 Å². The number of nitrogens with one attached hydrogen (secondary N) is 1. The van der Waals surface area contributed by atoms with E-state index in [2.05, 4.69) is 10.1 Å². The quantitative estimate of drug-likeness (QED) is 0.693. The van der Waals surface area contributed by atoms with Gasteiger partial charge in [-0.25, -0.2) is 0 Å². The Morgan fingerprint density at radius 1 is 1.50 bits per heavy atom. The highest BCUT2D eigenvalue weighted by Crippen LogP contribution is 2.39. The Hall–Kier alpha value is -1.78. The van der Waals surface area contributed by atoms with Crippen LogP contribution in [0.5, 0.6) is 5.88 Å². The number of rotatable bonds is 1. The van der Waals surface area contributed by atoms with Gasteiger partial charge in [0.1, 0.15) is 5.65 Å². The van der Waals surface area contributed by atoms with Gasteiger partial charge < -0.3 is 10.1 Å². The van der Waals surface area contributed by atoms with E-state index in [1.807, 2.05) is 6.07 Å². The molecule has 0 bridgehead atoms. The second-order valence-electron chi connectivity index (χ2n) is 3.63. The van der Waals surface area contributed by atoms with E-state index >= 15 is 0 Å². The molecule has 1 aliphatic rings. The summed E-state index contributed by atoms with van der Waals surface area (Å²) in [6.45, 7) is 0. The van der Waals surface area contributed by atoms with Crippen LogP contribution in [0, 0.1) is 0 Å². The van der Waals surface area contributed by atoms with Crippen LogP contribution in [0.15, 0.2) is 16.9 Å². The summed E-state index contributed by atoms with van der Waals surface area (Å²) >= 11 is 0. The summed E-state index contributed by atoms with van der Waals surface area (Å²) in [4.78, 5) is 13.7. The minimum absolute atomic E-state index is 0.115. The molecule has 0 unspecified atom stereocenters. The molecule has 1 aliphatic carbocycles. The topological polar surface area (TPSA) is 70.4 Å². The number of aromatic amines is 1. The lowest BCUT2D eigenvalue weighted by atomic mass is 10.3. The maximum Gasteiger partial charge on any atom is 0.254 e. The summed E-state index contributed by atoms with van der Waals surface area (Å²) in [7, 11) is 0. The first-order valence-corrected chi connectivity index (χ1v) is 4.56. The smallest absolute Gasteiger partial charge is 0.254 e. The maximum atomic E-state index is 11.0. The SMILES string of the molecule is O=c1cc(O)n2nc(C3CC3)cc2[nH]1. The van der Waals surface area contributed by atoms with Gasteiger partial charge in [-0.2, -0.15) is 9.61 Å². The van der Waals surface area contributed by atoms with Gasteiger partial charge in [0.05, 0.1) is 11.8 Å². The fraction of sp³-hybridized carbons (Fsp3) is 0.333. The molecule has 1 fully saturated rings. The van der Waals surface area contributed by atoms with Gasteiger partial charge in [0.15, 0.2) is 0 Å². The van der Waals surface area contributed by atoms with Crippen LogP contribution in [0.1, 0.15) is 24.5 Å². The predicted molar refractivity (Wildman–Crippen MR) is 49.5 cm³/mol. The first kappa shape index (κ1) is 7.61. The molecule has 1 saturated carbocycles. The monoisotopic (exact) mass is 191 g/mol. The second kappa shape index (κ2) is 2.37. The van der Waals surface area contributed by atoms with Crippen LogP contribution in [0.4, 0.5) is 0 Å². The van der Waals surface area contributed by atoms with Gasteiger partial charge in [-0.05, 0) is 12.8 Å². The molecular weight excluding hydrogens is 182 g/mol. The van der Waals surface area contributed by atoms with Crippen LogP contribution < -0.4 is 5.56 Å². The van der Waals surface area contributed by atoms with Crippen LogP contribution in [0.25, 0.3) is 5.65 Å². The van der Waals surface area contributed by atoms with Crippen molar-refractivity contribution in [3.63, 3.8) is 0 Å². The molecule has 5 heteroatoms. The highest BCUT2D eigenvalue weighted by Gasteiger charge is 2.26. The molecule has 3 rings (SSSR count). The van der Waals surface area contributed by atoms with Crippen LogP contribution in [-0.2, 0) is 0 Å². The minimum atomic E-state index is -0.308. The van der Waals surface area contributed by atoms with Crippen molar-refractivity contribution < 1.29 is 5.11 Å². The van der Waals surface area contributed by atoms with E-state index in [-0.39, 0.29) is 11.4 Å². The third kappa shape index (κ3) is 1.02. The Labute approximate surface area is 79.0 Å². The van der Waals surface area contributed by atoms with Crippen molar-refractivity contribution >= 4 is 5.65 Å². The Bertz CT molecular complexity index is 551. The van der Waals surface area contributed by atoms with Crippen molar-refractivity contribution in [3.8, 4) is 5.88 Å². The number of fused-ring (bicyclic) bond motifs is 1. The van der Waals surface area contributed by atoms with Gasteiger partial charge >= 0.3 is 0 Å². The maximum absolute atomic E-state index is 11.0. The van der Waals surface area contributed by atoms with E-state index in [1.54, 1.807) is 0 Å². The Morgan fingerprint density at radius 3 is 3.00 bits per heavy atom. The molecule has 2 N–H and O–H groups in total. The molecule has 0 amide bonds. The first-order chi connectivity index (χ1) is 6.74. The van der Waals surface area contributed by atoms with Crippen molar-refractivity contribution in [2.75, 3.05) is 0 Å². The van der Waals surface area contributed by atoms with Crippen molar-refractivity contribution in [2.45, 2.75) is 18.8 Å². The molecule has 0 aromatic carbocycles. The van der Waals surface area contributed by atoms with E-state index in [4.69, 9.17) is 0 Å². The summed E-state index contributed by atoms with van der Waals surface area (Å²) in [5.74, 6) is 0.397. The van der Waals surface area contributed by atoms with Gasteiger partial charge in [-0.15, -0.1) is 0 Å². The van der Waals surface area contributed by atoms with Crippen molar-refractivity contribution in [1.29, 1.82) is 0 Å². The van der Waals surface area contributed by atoms with E-state index in [9.17, 15) is 9.90 Å². The lowest BCUT2D eigenvalue weighted by Gasteiger charge is -1.94. The molecular formula is C9H9N3O2. The zero-order valence-corrected chi connectivity index (χ0v) is 7.40. The Balaban J connectivity index is 2.31. The van der Waals surface area contributed by atoms with E-state index in [0.717, 1.165) is 24.6 Å². The van der Waals surface area contributed by atoms with Crippen molar-refractivity contribution in [3.05, 3.63) is 28.2 Å². The van der Waals surface area contributed by atoms with Crippen molar-refractivity contribution in [2.24, 2.45) is 0 Å². The number of aromatic nitrogens is 3. The average molecular weight is 191 g/mol. The summed E-state index contributed by atoms with van der Waals surface area (Å²) in [5, 5.41) is 13.7. The zero-order chi connectivity index (χ0) is 9.71. The molecule has 2 aromatic heterocycles. The standard InChI is InChI=1S/C9H9N3O2/c13-8-4-9(14)12-7(10-8)3-6(11-12)5-1-2-5/h3-5,14H,1-2H2,(H,10,13). The van der Waals surface area contributed by atoms with Gasteiger partial charge in [-0.1, -0.05) is 0 Å². The number of nitrogens with zero attached hydrogens (tertiary/aromatic N) is 2. The van der Waals surface area contributed by atoms with Crippen molar-refractivity contribution in [1.82, 2.24) is 14.6 Å². The number of hydrogen-bond acceptors (Lipinski definition) is 3. The summed E-state index contributed by atoms with van der Waals surface area (Å²) in [6, 6.07) is 2.94. The lowest BCUT2D eigenvalue weighted by molar-refractivity contribution is 0.433. The third-order valence-corrected chi connectivity index (χ3v) is 2.45. The van der Waals surface area contributed by atoms with Crippen LogP contribution >= 0.6 is 0 Å². The molecule has 2 aromatic rings. The second-order valence-corrected chi connectivity index (χ2v) is 3.63. The molecule has 0 spiro atoms. The van der Waals surface area contributed by atoms with E-state index in [1.165, 1.54) is 4.52 Å². The third-order valence-electron chi connectivity index (χ3n) is 2.45. The molecule has 5 nitrogen and oxygen atoms in total. The van der Waals surface area contributed by atoms with Crippen LogP contribution in [-0.4, -0.2) is 19.7 Å². The Kier molecular flexibility index (Phi) is 1.29. The highest BCUT2D eigenvalue weighted by atomic mass is 16.3. The summed E-state index contributed by atoms with van der Waals surface area (Å²) < 4.78 is 1.36. The van der Waals surface area contributed by atoms with Crippen LogP contribution in [0.2, 0.25) is 0 Å². The fourth-order valence-corrected chi connectivity index (χ4v) is 1.58. The number of H-pyrrole nitrogens is 1. The van der Waals surface area contributed by atoms with Gasteiger partial charge in [-0.3, -0.25) is 4.79 Å². The molecule has 14 heavy (non-hydrogen) atoms.